The lowest BCUT2D eigenvalue weighted by molar-refractivity contribution is 0.415. The highest BCUT2D eigenvalue weighted by atomic mass is 16.5. The molecule has 0 bridgehead atoms. The number of benzene rings is 1. The number of ether oxygens (including phenoxy) is 1. The molecule has 1 aromatic carbocycles. The van der Waals surface area contributed by atoms with Crippen LogP contribution < -0.4 is 4.74 Å². The predicted octanol–water partition coefficient (Wildman–Crippen LogP) is 3.08. The number of hydrogen-bond donors (Lipinski definition) is 1. The fourth-order valence-electron chi connectivity index (χ4n) is 1.81. The van der Waals surface area contributed by atoms with Crippen molar-refractivity contribution in [3.63, 3.8) is 0 Å². The third kappa shape index (κ3) is 2.21. The van der Waals surface area contributed by atoms with Crippen molar-refractivity contribution in [2.75, 3.05) is 7.11 Å². The molecule has 0 atom stereocenters. The van der Waals surface area contributed by atoms with Crippen molar-refractivity contribution in [1.29, 1.82) is 5.26 Å². The van der Waals surface area contributed by atoms with Gasteiger partial charge in [0.1, 0.15) is 11.8 Å². The topological polar surface area (TPSA) is 61.7 Å². The molecule has 1 aromatic heterocycles. The molecule has 0 fully saturated rings. The highest BCUT2D eigenvalue weighted by molar-refractivity contribution is 5.68. The highest BCUT2D eigenvalue weighted by Gasteiger charge is 2.11. The Labute approximate surface area is 106 Å². The predicted molar refractivity (Wildman–Crippen MR) is 69.4 cm³/mol. The number of methoxy groups -OCH3 is 1. The van der Waals surface area contributed by atoms with Crippen molar-refractivity contribution < 1.29 is 4.74 Å². The average Bonchev–Trinajstić information content (AvgIpc) is 2.86. The van der Waals surface area contributed by atoms with Crippen LogP contribution in [0.25, 0.3) is 11.3 Å². The number of H-pyrrole nitrogens is 1. The van der Waals surface area contributed by atoms with E-state index in [1.807, 2.05) is 18.2 Å². The Morgan fingerprint density at radius 3 is 2.67 bits per heavy atom. The van der Waals surface area contributed by atoms with Crippen molar-refractivity contribution in [1.82, 2.24) is 10.2 Å². The van der Waals surface area contributed by atoms with E-state index in [0.717, 1.165) is 17.0 Å². The summed E-state index contributed by atoms with van der Waals surface area (Å²) >= 11 is 0. The molecule has 4 heteroatoms. The van der Waals surface area contributed by atoms with Gasteiger partial charge in [0, 0.05) is 11.6 Å². The maximum atomic E-state index is 8.78. The summed E-state index contributed by atoms with van der Waals surface area (Å²) in [6, 6.07) is 9.79. The maximum Gasteiger partial charge on any atom is 0.162 e. The number of rotatable bonds is 3. The molecule has 1 N–H and O–H groups in total. The van der Waals surface area contributed by atoms with Crippen molar-refractivity contribution >= 4 is 0 Å². The Morgan fingerprint density at radius 1 is 1.33 bits per heavy atom. The molecule has 0 saturated heterocycles. The van der Waals surface area contributed by atoms with Crippen molar-refractivity contribution in [3.05, 3.63) is 35.5 Å². The molecule has 0 radical (unpaired) electrons. The fraction of sp³-hybridized carbons (Fsp3) is 0.286. The van der Waals surface area contributed by atoms with Gasteiger partial charge in [0.2, 0.25) is 0 Å². The molecule has 2 rings (SSSR count). The monoisotopic (exact) mass is 241 g/mol. The van der Waals surface area contributed by atoms with Gasteiger partial charge in [-0.05, 0) is 23.6 Å². The third-order valence-electron chi connectivity index (χ3n) is 2.87. The Balaban J connectivity index is 2.48. The summed E-state index contributed by atoms with van der Waals surface area (Å²) in [4.78, 5) is 0. The van der Waals surface area contributed by atoms with Crippen molar-refractivity contribution in [3.8, 4) is 23.1 Å². The number of aromatic nitrogens is 2. The molecule has 0 amide bonds. The summed E-state index contributed by atoms with van der Waals surface area (Å²) in [5.74, 6) is 1.23. The summed E-state index contributed by atoms with van der Waals surface area (Å²) in [5, 5.41) is 15.5. The second-order valence-corrected chi connectivity index (χ2v) is 4.39. The Bertz CT molecular complexity index is 593. The molecule has 0 unspecified atom stereocenters. The number of nitrogens with zero attached hydrogens (tertiary/aromatic N) is 2. The Hall–Kier alpha value is -2.28. The van der Waals surface area contributed by atoms with Crippen LogP contribution in [0.4, 0.5) is 0 Å². The maximum absolute atomic E-state index is 8.78. The average molecular weight is 241 g/mol. The first kappa shape index (κ1) is 12.2. The molecule has 0 spiro atoms. The first-order chi connectivity index (χ1) is 8.65. The van der Waals surface area contributed by atoms with Gasteiger partial charge in [-0.1, -0.05) is 19.9 Å². The van der Waals surface area contributed by atoms with E-state index in [2.05, 4.69) is 30.1 Å². The minimum atomic E-state index is 0.375. The first-order valence-corrected chi connectivity index (χ1v) is 5.79. The van der Waals surface area contributed by atoms with E-state index < -0.39 is 0 Å². The number of nitriles is 1. The molecule has 0 aliphatic rings. The molecule has 0 aliphatic carbocycles. The Morgan fingerprint density at radius 2 is 2.11 bits per heavy atom. The third-order valence-corrected chi connectivity index (χ3v) is 2.87. The van der Waals surface area contributed by atoms with Crippen LogP contribution in [0.3, 0.4) is 0 Å². The van der Waals surface area contributed by atoms with Crippen LogP contribution >= 0.6 is 0 Å². The lowest BCUT2D eigenvalue weighted by atomic mass is 10.00. The summed E-state index contributed by atoms with van der Waals surface area (Å²) < 4.78 is 5.40. The summed E-state index contributed by atoms with van der Waals surface area (Å²) in [6.45, 7) is 4.27. The molecule has 1 heterocycles. The minimum Gasteiger partial charge on any atom is -0.496 e. The molecule has 0 aliphatic heterocycles. The summed E-state index contributed by atoms with van der Waals surface area (Å²) in [6.07, 6.45) is 0. The van der Waals surface area contributed by atoms with Crippen LogP contribution in [0.5, 0.6) is 5.75 Å². The van der Waals surface area contributed by atoms with E-state index in [-0.39, 0.29) is 0 Å². The van der Waals surface area contributed by atoms with Gasteiger partial charge in [0.15, 0.2) is 5.69 Å². The van der Waals surface area contributed by atoms with Crippen LogP contribution in [0, 0.1) is 11.3 Å². The number of hydrogen-bond acceptors (Lipinski definition) is 3. The molecule has 92 valence electrons. The smallest absolute Gasteiger partial charge is 0.162 e. The van der Waals surface area contributed by atoms with E-state index in [1.165, 1.54) is 5.56 Å². The highest BCUT2D eigenvalue weighted by Crippen LogP contribution is 2.31. The van der Waals surface area contributed by atoms with Gasteiger partial charge < -0.3 is 4.74 Å². The largest absolute Gasteiger partial charge is 0.496 e. The normalized spacial score (nSPS) is 10.4. The SMILES string of the molecule is COc1cc(C(C)C)ccc1-c1cc(C#N)n[nH]1. The zero-order valence-electron chi connectivity index (χ0n) is 10.7. The number of aromatic amines is 1. The molecule has 2 aromatic rings. The van der Waals surface area contributed by atoms with Gasteiger partial charge in [-0.2, -0.15) is 10.4 Å². The fourth-order valence-corrected chi connectivity index (χ4v) is 1.81. The van der Waals surface area contributed by atoms with Gasteiger partial charge >= 0.3 is 0 Å². The van der Waals surface area contributed by atoms with Crippen molar-refractivity contribution in [2.24, 2.45) is 0 Å². The van der Waals surface area contributed by atoms with Crippen LogP contribution in [0.2, 0.25) is 0 Å². The van der Waals surface area contributed by atoms with Crippen LogP contribution in [-0.2, 0) is 0 Å². The van der Waals surface area contributed by atoms with Gasteiger partial charge in [0.05, 0.1) is 12.8 Å². The molecular weight excluding hydrogens is 226 g/mol. The zero-order chi connectivity index (χ0) is 13.1. The molecular formula is C14H15N3O. The summed E-state index contributed by atoms with van der Waals surface area (Å²) in [7, 11) is 1.64. The summed E-state index contributed by atoms with van der Waals surface area (Å²) in [5.41, 5.74) is 3.30. The van der Waals surface area contributed by atoms with Crippen molar-refractivity contribution in [2.45, 2.75) is 19.8 Å². The second-order valence-electron chi connectivity index (χ2n) is 4.39. The van der Waals surface area contributed by atoms with Crippen LogP contribution in [-0.4, -0.2) is 17.3 Å². The van der Waals surface area contributed by atoms with Gasteiger partial charge in [-0.3, -0.25) is 5.10 Å². The second kappa shape index (κ2) is 4.92. The van der Waals surface area contributed by atoms with Gasteiger partial charge in [0.25, 0.3) is 0 Å². The van der Waals surface area contributed by atoms with E-state index in [0.29, 0.717) is 11.6 Å². The number of nitrogens with one attached hydrogen (secondary N) is 1. The van der Waals surface area contributed by atoms with E-state index >= 15 is 0 Å². The van der Waals surface area contributed by atoms with E-state index in [4.69, 9.17) is 10.00 Å². The lowest BCUT2D eigenvalue weighted by Gasteiger charge is -2.11. The molecule has 0 saturated carbocycles. The van der Waals surface area contributed by atoms with E-state index in [1.54, 1.807) is 13.2 Å². The van der Waals surface area contributed by atoms with E-state index in [9.17, 15) is 0 Å². The first-order valence-electron chi connectivity index (χ1n) is 5.79. The van der Waals surface area contributed by atoms with Crippen LogP contribution in [0.1, 0.15) is 31.0 Å². The Kier molecular flexibility index (Phi) is 3.33. The van der Waals surface area contributed by atoms with Gasteiger partial charge in [-0.15, -0.1) is 0 Å². The quantitative estimate of drug-likeness (QED) is 0.898. The standard InChI is InChI=1S/C14H15N3O/c1-9(2)10-4-5-12(14(6-10)18-3)13-7-11(8-15)16-17-13/h4-7,9H,1-3H3,(H,16,17). The minimum absolute atomic E-state index is 0.375. The van der Waals surface area contributed by atoms with Crippen LogP contribution in [0.15, 0.2) is 24.3 Å². The lowest BCUT2D eigenvalue weighted by Crippen LogP contribution is -1.93. The molecule has 18 heavy (non-hydrogen) atoms. The zero-order valence-corrected chi connectivity index (χ0v) is 10.7. The molecule has 4 nitrogen and oxygen atoms in total. The van der Waals surface area contributed by atoms with Gasteiger partial charge in [-0.25, -0.2) is 0 Å².